The number of carbonyl (C=O) groups is 1. The molecule has 4 heteroatoms. The summed E-state index contributed by atoms with van der Waals surface area (Å²) < 4.78 is 0. The van der Waals surface area contributed by atoms with Gasteiger partial charge in [0.25, 0.3) is 0 Å². The Bertz CT molecular complexity index is 128. The first-order chi connectivity index (χ1) is 5.11. The van der Waals surface area contributed by atoms with Crippen molar-refractivity contribution < 1.29 is 9.90 Å². The third-order valence-corrected chi connectivity index (χ3v) is 1.44. The van der Waals surface area contributed by atoms with E-state index in [1.54, 1.807) is 6.92 Å². The zero-order chi connectivity index (χ0) is 8.85. The number of hydrogen-bond donors (Lipinski definition) is 3. The monoisotopic (exact) mass is 160 g/mol. The first-order valence-corrected chi connectivity index (χ1v) is 3.78. The first kappa shape index (κ1) is 10.4. The fourth-order valence-electron chi connectivity index (χ4n) is 0.581. The zero-order valence-corrected chi connectivity index (χ0v) is 7.00. The van der Waals surface area contributed by atoms with Crippen molar-refractivity contribution in [2.45, 2.75) is 32.4 Å². The highest BCUT2D eigenvalue weighted by Gasteiger charge is 2.12. The van der Waals surface area contributed by atoms with Gasteiger partial charge in [-0.3, -0.25) is 4.79 Å². The number of amides is 1. The summed E-state index contributed by atoms with van der Waals surface area (Å²) in [6.45, 7) is 3.51. The van der Waals surface area contributed by atoms with E-state index in [9.17, 15) is 4.79 Å². The fourth-order valence-corrected chi connectivity index (χ4v) is 0.581. The minimum atomic E-state index is -0.455. The third kappa shape index (κ3) is 3.95. The molecule has 0 aliphatic heterocycles. The molecule has 11 heavy (non-hydrogen) atoms. The summed E-state index contributed by atoms with van der Waals surface area (Å²) in [5.41, 5.74) is 5.43. The number of rotatable bonds is 4. The van der Waals surface area contributed by atoms with Crippen LogP contribution < -0.4 is 11.1 Å². The third-order valence-electron chi connectivity index (χ3n) is 1.44. The molecule has 66 valence electrons. The van der Waals surface area contributed by atoms with Gasteiger partial charge in [-0.25, -0.2) is 0 Å². The Hall–Kier alpha value is -0.610. The van der Waals surface area contributed by atoms with E-state index in [0.717, 1.165) is 0 Å². The molecule has 0 spiro atoms. The van der Waals surface area contributed by atoms with Gasteiger partial charge in [-0.2, -0.15) is 0 Å². The highest BCUT2D eigenvalue weighted by atomic mass is 16.3. The molecule has 0 radical (unpaired) electrons. The van der Waals surface area contributed by atoms with Gasteiger partial charge in [0.1, 0.15) is 0 Å². The molecule has 0 rings (SSSR count). The number of nitrogens with two attached hydrogens (primary N) is 1. The average molecular weight is 160 g/mol. The molecule has 2 atom stereocenters. The lowest BCUT2D eigenvalue weighted by atomic mass is 10.2. The molecule has 0 fully saturated rings. The van der Waals surface area contributed by atoms with Gasteiger partial charge in [0.2, 0.25) is 5.91 Å². The minimum Gasteiger partial charge on any atom is -0.394 e. The summed E-state index contributed by atoms with van der Waals surface area (Å²) in [6.07, 6.45) is 0.615. The quantitative estimate of drug-likeness (QED) is 0.505. The van der Waals surface area contributed by atoms with Gasteiger partial charge in [0.15, 0.2) is 0 Å². The molecule has 1 unspecified atom stereocenters. The second kappa shape index (κ2) is 5.09. The van der Waals surface area contributed by atoms with Crippen LogP contribution in [0.3, 0.4) is 0 Å². The van der Waals surface area contributed by atoms with E-state index < -0.39 is 6.04 Å². The Kier molecular flexibility index (Phi) is 4.81. The minimum absolute atomic E-state index is 0.0534. The number of hydrogen-bond acceptors (Lipinski definition) is 3. The van der Waals surface area contributed by atoms with Crippen LogP contribution >= 0.6 is 0 Å². The van der Waals surface area contributed by atoms with E-state index in [0.29, 0.717) is 6.42 Å². The van der Waals surface area contributed by atoms with Crippen LogP contribution in [0.4, 0.5) is 0 Å². The molecule has 0 saturated heterocycles. The lowest BCUT2D eigenvalue weighted by molar-refractivity contribution is -0.123. The van der Waals surface area contributed by atoms with Crippen LogP contribution in [0.2, 0.25) is 0 Å². The Morgan fingerprint density at radius 3 is 2.64 bits per heavy atom. The summed E-state index contributed by atoms with van der Waals surface area (Å²) in [7, 11) is 0. The summed E-state index contributed by atoms with van der Waals surface area (Å²) in [5.74, 6) is -0.200. The van der Waals surface area contributed by atoms with Gasteiger partial charge >= 0.3 is 0 Å². The summed E-state index contributed by atoms with van der Waals surface area (Å²) in [5, 5.41) is 11.1. The Morgan fingerprint density at radius 2 is 2.27 bits per heavy atom. The van der Waals surface area contributed by atoms with Gasteiger partial charge in [-0.05, 0) is 13.3 Å². The van der Waals surface area contributed by atoms with E-state index in [1.807, 2.05) is 6.92 Å². The van der Waals surface area contributed by atoms with Crippen LogP contribution in [0, 0.1) is 0 Å². The predicted octanol–water partition coefficient (Wildman–Crippen LogP) is -0.779. The van der Waals surface area contributed by atoms with E-state index in [2.05, 4.69) is 5.32 Å². The van der Waals surface area contributed by atoms with Crippen molar-refractivity contribution in [2.24, 2.45) is 5.73 Å². The van der Waals surface area contributed by atoms with E-state index >= 15 is 0 Å². The van der Waals surface area contributed by atoms with Crippen molar-refractivity contribution in [3.8, 4) is 0 Å². The van der Waals surface area contributed by atoms with Crippen molar-refractivity contribution in [3.63, 3.8) is 0 Å². The molecule has 0 aliphatic carbocycles. The van der Waals surface area contributed by atoms with Crippen molar-refractivity contribution in [2.75, 3.05) is 6.61 Å². The van der Waals surface area contributed by atoms with Gasteiger partial charge in [0, 0.05) is 6.04 Å². The largest absolute Gasteiger partial charge is 0.394 e. The zero-order valence-electron chi connectivity index (χ0n) is 7.00. The molecule has 0 heterocycles. The number of carbonyl (C=O) groups excluding carboxylic acids is 1. The Labute approximate surface area is 66.8 Å². The lowest BCUT2D eigenvalue weighted by Gasteiger charge is -2.13. The maximum Gasteiger partial charge on any atom is 0.237 e. The van der Waals surface area contributed by atoms with Gasteiger partial charge < -0.3 is 16.2 Å². The highest BCUT2D eigenvalue weighted by molar-refractivity contribution is 5.81. The summed E-state index contributed by atoms with van der Waals surface area (Å²) >= 11 is 0. The number of aliphatic hydroxyl groups is 1. The van der Waals surface area contributed by atoms with Crippen LogP contribution in [0.25, 0.3) is 0 Å². The van der Waals surface area contributed by atoms with Crippen LogP contribution in [0.5, 0.6) is 0 Å². The molecular weight excluding hydrogens is 144 g/mol. The van der Waals surface area contributed by atoms with Crippen molar-refractivity contribution in [1.82, 2.24) is 5.32 Å². The average Bonchev–Trinajstić information content (AvgIpc) is 2.02. The SMILES string of the molecule is CCC(N)C(=O)N[C@H](C)CO. The Morgan fingerprint density at radius 1 is 1.73 bits per heavy atom. The van der Waals surface area contributed by atoms with Crippen LogP contribution in [-0.2, 0) is 4.79 Å². The molecule has 1 amide bonds. The van der Waals surface area contributed by atoms with E-state index in [-0.39, 0.29) is 18.6 Å². The number of nitrogens with one attached hydrogen (secondary N) is 1. The molecule has 0 bridgehead atoms. The fraction of sp³-hybridized carbons (Fsp3) is 0.857. The van der Waals surface area contributed by atoms with Gasteiger partial charge in [-0.15, -0.1) is 0 Å². The summed E-state index contributed by atoms with van der Waals surface area (Å²) in [6, 6.07) is -0.663. The van der Waals surface area contributed by atoms with Crippen molar-refractivity contribution in [1.29, 1.82) is 0 Å². The normalized spacial score (nSPS) is 15.6. The van der Waals surface area contributed by atoms with Crippen LogP contribution in [0.1, 0.15) is 20.3 Å². The second-order valence-electron chi connectivity index (χ2n) is 2.61. The van der Waals surface area contributed by atoms with Gasteiger partial charge in [-0.1, -0.05) is 6.92 Å². The standard InChI is InChI=1S/C7H16N2O2/c1-3-6(8)7(11)9-5(2)4-10/h5-6,10H,3-4,8H2,1-2H3,(H,9,11)/t5-,6?/m1/s1. The molecular formula is C7H16N2O2. The predicted molar refractivity (Wildman–Crippen MR) is 43.0 cm³/mol. The maximum absolute atomic E-state index is 11.0. The van der Waals surface area contributed by atoms with Crippen molar-refractivity contribution in [3.05, 3.63) is 0 Å². The lowest BCUT2D eigenvalue weighted by Crippen LogP contribution is -2.45. The first-order valence-electron chi connectivity index (χ1n) is 3.78. The molecule has 4 nitrogen and oxygen atoms in total. The smallest absolute Gasteiger partial charge is 0.237 e. The van der Waals surface area contributed by atoms with Gasteiger partial charge in [0.05, 0.1) is 12.6 Å². The van der Waals surface area contributed by atoms with Crippen LogP contribution in [-0.4, -0.2) is 29.7 Å². The molecule has 0 aromatic carbocycles. The molecule has 4 N–H and O–H groups in total. The number of aliphatic hydroxyl groups excluding tert-OH is 1. The maximum atomic E-state index is 11.0. The Balaban J connectivity index is 3.68. The highest BCUT2D eigenvalue weighted by Crippen LogP contribution is 1.87. The van der Waals surface area contributed by atoms with E-state index in [4.69, 9.17) is 10.8 Å². The molecule has 0 saturated carbocycles. The molecule has 0 aromatic rings. The second-order valence-corrected chi connectivity index (χ2v) is 2.61. The summed E-state index contributed by atoms with van der Waals surface area (Å²) in [4.78, 5) is 11.0. The van der Waals surface area contributed by atoms with Crippen LogP contribution in [0.15, 0.2) is 0 Å². The topological polar surface area (TPSA) is 75.4 Å². The van der Waals surface area contributed by atoms with Crippen molar-refractivity contribution >= 4 is 5.91 Å². The molecule has 0 aliphatic rings. The molecule has 0 aromatic heterocycles. The van der Waals surface area contributed by atoms with E-state index in [1.165, 1.54) is 0 Å².